The van der Waals surface area contributed by atoms with Crippen molar-refractivity contribution < 1.29 is 14.3 Å². The highest BCUT2D eigenvalue weighted by Gasteiger charge is 2.40. The lowest BCUT2D eigenvalue weighted by Gasteiger charge is -2.34. The molecule has 1 unspecified atom stereocenters. The van der Waals surface area contributed by atoms with Crippen LogP contribution in [0.2, 0.25) is 5.02 Å². The number of fused-ring (bicyclic) bond motifs is 1. The summed E-state index contributed by atoms with van der Waals surface area (Å²) in [6.45, 7) is 5.48. The summed E-state index contributed by atoms with van der Waals surface area (Å²) in [4.78, 5) is 28.3. The highest BCUT2D eigenvalue weighted by Crippen LogP contribution is 2.37. The number of halogens is 1. The predicted molar refractivity (Wildman–Crippen MR) is 141 cm³/mol. The first-order valence-corrected chi connectivity index (χ1v) is 13.3. The zero-order valence-corrected chi connectivity index (χ0v) is 22.2. The van der Waals surface area contributed by atoms with Crippen molar-refractivity contribution in [2.24, 2.45) is 0 Å². The van der Waals surface area contributed by atoms with Gasteiger partial charge in [0.15, 0.2) is 0 Å². The maximum absolute atomic E-state index is 13.8. The Labute approximate surface area is 222 Å². The van der Waals surface area contributed by atoms with Gasteiger partial charge in [-0.05, 0) is 89.0 Å². The van der Waals surface area contributed by atoms with Gasteiger partial charge in [-0.3, -0.25) is 4.79 Å². The fraction of sp³-hybridized carbons (Fsp3) is 0.448. The van der Waals surface area contributed by atoms with Gasteiger partial charge in [-0.2, -0.15) is 15.0 Å². The van der Waals surface area contributed by atoms with Crippen LogP contribution in [0.25, 0.3) is 5.57 Å². The molecule has 1 saturated carbocycles. The number of carbonyl (C=O) groups is 2. The minimum absolute atomic E-state index is 0.0245. The van der Waals surface area contributed by atoms with E-state index in [4.69, 9.17) is 16.3 Å². The molecule has 0 bridgehead atoms. The number of amides is 1. The standard InChI is InChI=1S/C29H31ClN4O3/c1-29(2,3)37-28(36)33-17-20-14-22(11-13-26(20)32-33)34(21-9-10-21)27(35)18-8-12-24(25(30)15-18)23-7-5-4-6-19(23)16-31/h5,7-8,12,15,17,21-22H,4,6,9-11,13-14H2,1-3H3. The first-order chi connectivity index (χ1) is 17.6. The van der Waals surface area contributed by atoms with Gasteiger partial charge in [-0.15, -0.1) is 0 Å². The monoisotopic (exact) mass is 518 g/mol. The summed E-state index contributed by atoms with van der Waals surface area (Å²) in [7, 11) is 0. The smallest absolute Gasteiger partial charge is 0.435 e. The number of hydrogen-bond acceptors (Lipinski definition) is 5. The number of benzene rings is 1. The highest BCUT2D eigenvalue weighted by atomic mass is 35.5. The summed E-state index contributed by atoms with van der Waals surface area (Å²) >= 11 is 6.66. The molecule has 1 amide bonds. The van der Waals surface area contributed by atoms with Crippen molar-refractivity contribution >= 4 is 29.2 Å². The minimum atomic E-state index is -0.599. The van der Waals surface area contributed by atoms with Gasteiger partial charge in [0, 0.05) is 40.0 Å². The fourth-order valence-electron chi connectivity index (χ4n) is 5.16. The van der Waals surface area contributed by atoms with Crippen molar-refractivity contribution in [2.75, 3.05) is 0 Å². The number of allylic oxidation sites excluding steroid dienone is 4. The summed E-state index contributed by atoms with van der Waals surface area (Å²) in [5, 5.41) is 14.4. The van der Waals surface area contributed by atoms with E-state index < -0.39 is 11.7 Å². The third-order valence-electron chi connectivity index (χ3n) is 7.01. The SMILES string of the molecule is CC(C)(C)OC(=O)n1cc2c(n1)CCC(N(C(=O)c1ccc(C3=C(C#N)CCC=C3)c(Cl)c1)C1CC1)C2. The molecule has 1 aromatic heterocycles. The maximum Gasteiger partial charge on any atom is 0.435 e. The second-order valence-electron chi connectivity index (χ2n) is 11.0. The molecule has 0 N–H and O–H groups in total. The van der Waals surface area contributed by atoms with Crippen molar-refractivity contribution in [2.45, 2.75) is 83.4 Å². The molecule has 37 heavy (non-hydrogen) atoms. The Kier molecular flexibility index (Phi) is 6.72. The molecule has 0 radical (unpaired) electrons. The van der Waals surface area contributed by atoms with E-state index in [1.54, 1.807) is 12.3 Å². The molecule has 0 aliphatic heterocycles. The minimum Gasteiger partial charge on any atom is -0.442 e. The Morgan fingerprint density at radius 2 is 1.97 bits per heavy atom. The van der Waals surface area contributed by atoms with E-state index in [9.17, 15) is 14.9 Å². The van der Waals surface area contributed by atoms with Gasteiger partial charge < -0.3 is 9.64 Å². The Morgan fingerprint density at radius 1 is 1.19 bits per heavy atom. The first kappa shape index (κ1) is 25.3. The van der Waals surface area contributed by atoms with E-state index in [2.05, 4.69) is 11.2 Å². The first-order valence-electron chi connectivity index (χ1n) is 12.9. The topological polar surface area (TPSA) is 88.2 Å². The van der Waals surface area contributed by atoms with Gasteiger partial charge in [0.1, 0.15) is 5.60 Å². The summed E-state index contributed by atoms with van der Waals surface area (Å²) in [5.41, 5.74) is 4.15. The second kappa shape index (κ2) is 9.83. The number of ether oxygens (including phenoxy) is 1. The zero-order valence-electron chi connectivity index (χ0n) is 21.5. The number of aromatic nitrogens is 2. The predicted octanol–water partition coefficient (Wildman–Crippen LogP) is 6.11. The number of carbonyl (C=O) groups excluding carboxylic acids is 2. The summed E-state index contributed by atoms with van der Waals surface area (Å²) in [6, 6.07) is 7.93. The van der Waals surface area contributed by atoms with Gasteiger partial charge in [0.2, 0.25) is 0 Å². The van der Waals surface area contributed by atoms with Crippen molar-refractivity contribution in [3.63, 3.8) is 0 Å². The third kappa shape index (κ3) is 5.35. The molecule has 192 valence electrons. The Balaban J connectivity index is 1.36. The van der Waals surface area contributed by atoms with Crippen LogP contribution in [0.3, 0.4) is 0 Å². The molecule has 3 aliphatic carbocycles. The molecule has 1 heterocycles. The summed E-state index contributed by atoms with van der Waals surface area (Å²) < 4.78 is 6.74. The highest BCUT2D eigenvalue weighted by molar-refractivity contribution is 6.33. The van der Waals surface area contributed by atoms with Crippen LogP contribution in [-0.2, 0) is 17.6 Å². The molecule has 1 atom stereocenters. The van der Waals surface area contributed by atoms with Crippen LogP contribution >= 0.6 is 11.6 Å². The van der Waals surface area contributed by atoms with E-state index in [1.807, 2.05) is 50.0 Å². The quantitative estimate of drug-likeness (QED) is 0.487. The van der Waals surface area contributed by atoms with Gasteiger partial charge >= 0.3 is 6.09 Å². The van der Waals surface area contributed by atoms with Crippen molar-refractivity contribution in [3.8, 4) is 6.07 Å². The average Bonchev–Trinajstić information content (AvgIpc) is 3.59. The molecule has 8 heteroatoms. The van der Waals surface area contributed by atoms with Crippen LogP contribution in [0, 0.1) is 11.3 Å². The summed E-state index contributed by atoms with van der Waals surface area (Å²) in [5.74, 6) is -0.0300. The lowest BCUT2D eigenvalue weighted by atomic mass is 9.91. The van der Waals surface area contributed by atoms with E-state index in [0.717, 1.165) is 48.1 Å². The van der Waals surface area contributed by atoms with Crippen molar-refractivity contribution in [3.05, 3.63) is 69.5 Å². The zero-order chi connectivity index (χ0) is 26.3. The number of nitriles is 1. The Bertz CT molecular complexity index is 1350. The van der Waals surface area contributed by atoms with E-state index >= 15 is 0 Å². The number of rotatable bonds is 4. The number of nitrogens with zero attached hydrogens (tertiary/aromatic N) is 4. The molecule has 0 spiro atoms. The molecule has 1 fully saturated rings. The number of hydrogen-bond donors (Lipinski definition) is 0. The summed E-state index contributed by atoms with van der Waals surface area (Å²) in [6.07, 6.45) is 10.9. The second-order valence-corrected chi connectivity index (χ2v) is 11.4. The van der Waals surface area contributed by atoms with Gasteiger partial charge in [0.05, 0.1) is 11.8 Å². The average molecular weight is 519 g/mol. The van der Waals surface area contributed by atoms with Crippen LogP contribution in [0.5, 0.6) is 0 Å². The van der Waals surface area contributed by atoms with E-state index in [0.29, 0.717) is 35.4 Å². The van der Waals surface area contributed by atoms with Gasteiger partial charge in [0.25, 0.3) is 5.91 Å². The van der Waals surface area contributed by atoms with Crippen LogP contribution in [-0.4, -0.2) is 44.4 Å². The Hall–Kier alpha value is -3.37. The normalized spacial score (nSPS) is 19.3. The lowest BCUT2D eigenvalue weighted by molar-refractivity contribution is 0.0513. The molecule has 1 aromatic carbocycles. The van der Waals surface area contributed by atoms with Crippen LogP contribution in [0.4, 0.5) is 4.79 Å². The molecule has 5 rings (SSSR count). The van der Waals surface area contributed by atoms with Gasteiger partial charge in [-0.25, -0.2) is 4.79 Å². The van der Waals surface area contributed by atoms with E-state index in [1.165, 1.54) is 4.68 Å². The van der Waals surface area contributed by atoms with Crippen LogP contribution in [0.15, 0.2) is 42.1 Å². The third-order valence-corrected chi connectivity index (χ3v) is 7.32. The van der Waals surface area contributed by atoms with Crippen molar-refractivity contribution in [1.29, 1.82) is 5.26 Å². The van der Waals surface area contributed by atoms with E-state index in [-0.39, 0.29) is 18.0 Å². The van der Waals surface area contributed by atoms with Crippen LogP contribution in [0.1, 0.15) is 80.1 Å². The van der Waals surface area contributed by atoms with Crippen molar-refractivity contribution in [1.82, 2.24) is 14.7 Å². The molecule has 2 aromatic rings. The molecular formula is C29H31ClN4O3. The molecular weight excluding hydrogens is 488 g/mol. The van der Waals surface area contributed by atoms with Gasteiger partial charge in [-0.1, -0.05) is 29.8 Å². The lowest BCUT2D eigenvalue weighted by Crippen LogP contribution is -2.44. The molecule has 0 saturated heterocycles. The fourth-order valence-corrected chi connectivity index (χ4v) is 5.44. The molecule has 3 aliphatic rings. The Morgan fingerprint density at radius 3 is 2.65 bits per heavy atom. The molecule has 7 nitrogen and oxygen atoms in total. The largest absolute Gasteiger partial charge is 0.442 e. The number of aryl methyl sites for hydroxylation is 1. The van der Waals surface area contributed by atoms with Crippen LogP contribution < -0.4 is 0 Å². The maximum atomic E-state index is 13.8.